The monoisotopic (exact) mass is 344 g/mol. The van der Waals surface area contributed by atoms with Gasteiger partial charge in [0.25, 0.3) is 0 Å². The number of hydrogen-bond acceptors (Lipinski definition) is 5. The zero-order valence-corrected chi connectivity index (χ0v) is 15.7. The molecule has 0 saturated heterocycles. The van der Waals surface area contributed by atoms with Crippen molar-refractivity contribution in [2.75, 3.05) is 28.2 Å². The number of nitrogens with zero attached hydrogens (tertiary/aromatic N) is 2. The minimum absolute atomic E-state index is 0.121. The molecule has 24 heavy (non-hydrogen) atoms. The molecule has 1 aliphatic rings. The van der Waals surface area contributed by atoms with Crippen molar-refractivity contribution in [3.63, 3.8) is 0 Å². The smallest absolute Gasteiger partial charge is 0.149 e. The molecule has 1 unspecified atom stereocenters. The highest BCUT2D eigenvalue weighted by Crippen LogP contribution is 2.45. The number of nitrogen functional groups attached to an aromatic ring is 1. The van der Waals surface area contributed by atoms with Gasteiger partial charge in [-0.1, -0.05) is 45.4 Å². The Balaban J connectivity index is 2.10. The van der Waals surface area contributed by atoms with E-state index in [0.717, 1.165) is 29.9 Å². The topological polar surface area (TPSA) is 54.2 Å². The number of fused-ring (bicyclic) bond motifs is 3. The number of nitrogens with two attached hydrogens (primary N) is 1. The third-order valence-electron chi connectivity index (χ3n) is 4.72. The van der Waals surface area contributed by atoms with Crippen LogP contribution in [0.2, 0.25) is 0 Å². The average Bonchev–Trinajstić information content (AvgIpc) is 2.92. The number of nitrogens with one attached hydrogen (secondary N) is 1. The second-order valence-corrected chi connectivity index (χ2v) is 7.81. The minimum atomic E-state index is 0.121. The van der Waals surface area contributed by atoms with E-state index in [9.17, 15) is 0 Å². The third-order valence-corrected chi connectivity index (χ3v) is 5.58. The fourth-order valence-corrected chi connectivity index (χ4v) is 3.48. The van der Waals surface area contributed by atoms with E-state index in [2.05, 4.69) is 60.7 Å². The summed E-state index contributed by atoms with van der Waals surface area (Å²) in [6.45, 7) is 7.71. The third kappa shape index (κ3) is 3.14. The lowest BCUT2D eigenvalue weighted by Crippen LogP contribution is -2.42. The summed E-state index contributed by atoms with van der Waals surface area (Å²) in [5.74, 6) is 1.44. The summed E-state index contributed by atoms with van der Waals surface area (Å²) in [5.41, 5.74) is 9.55. The predicted molar refractivity (Wildman–Crippen MR) is 108 cm³/mol. The second kappa shape index (κ2) is 6.71. The molecule has 2 heterocycles. The van der Waals surface area contributed by atoms with Gasteiger partial charge in [-0.3, -0.25) is 0 Å². The lowest BCUT2D eigenvalue weighted by atomic mass is 9.94. The fraction of sp³-hybridized carbons (Fsp3) is 0.526. The molecule has 1 aliphatic heterocycles. The zero-order chi connectivity index (χ0) is 17.3. The van der Waals surface area contributed by atoms with E-state index in [1.54, 1.807) is 0 Å². The number of benzene rings is 1. The Morgan fingerprint density at radius 1 is 1.33 bits per heavy atom. The minimum Gasteiger partial charge on any atom is -0.382 e. The normalized spacial score (nSPS) is 17.2. The van der Waals surface area contributed by atoms with E-state index in [-0.39, 0.29) is 11.6 Å². The SMILES string of the molecule is CCCCC1Nc2c(N)nc3ccccc3c2N1CC(C)(C)CS. The van der Waals surface area contributed by atoms with Gasteiger partial charge in [-0.05, 0) is 30.1 Å². The van der Waals surface area contributed by atoms with Crippen LogP contribution in [0.25, 0.3) is 10.9 Å². The van der Waals surface area contributed by atoms with Crippen LogP contribution in [-0.2, 0) is 0 Å². The fourth-order valence-electron chi connectivity index (χ4n) is 3.38. The lowest BCUT2D eigenvalue weighted by Gasteiger charge is -2.35. The second-order valence-electron chi connectivity index (χ2n) is 7.49. The van der Waals surface area contributed by atoms with E-state index < -0.39 is 0 Å². The van der Waals surface area contributed by atoms with Gasteiger partial charge >= 0.3 is 0 Å². The molecule has 3 rings (SSSR count). The maximum Gasteiger partial charge on any atom is 0.149 e. The molecule has 0 aliphatic carbocycles. The van der Waals surface area contributed by atoms with Gasteiger partial charge in [-0.25, -0.2) is 4.98 Å². The Labute approximate surface area is 150 Å². The number of aromatic nitrogens is 1. The van der Waals surface area contributed by atoms with Crippen molar-refractivity contribution in [3.8, 4) is 0 Å². The molecule has 0 spiro atoms. The van der Waals surface area contributed by atoms with Crippen molar-refractivity contribution in [2.24, 2.45) is 5.41 Å². The molecular formula is C19H28N4S. The number of para-hydroxylation sites is 1. The van der Waals surface area contributed by atoms with Crippen molar-refractivity contribution in [3.05, 3.63) is 24.3 Å². The summed E-state index contributed by atoms with van der Waals surface area (Å²) < 4.78 is 0. The molecule has 0 fully saturated rings. The van der Waals surface area contributed by atoms with E-state index in [1.165, 1.54) is 23.9 Å². The molecule has 3 N–H and O–H groups in total. The first kappa shape index (κ1) is 17.2. The average molecular weight is 345 g/mol. The van der Waals surface area contributed by atoms with Crippen molar-refractivity contribution >= 4 is 40.7 Å². The molecule has 0 bridgehead atoms. The van der Waals surface area contributed by atoms with Crippen molar-refractivity contribution < 1.29 is 0 Å². The summed E-state index contributed by atoms with van der Waals surface area (Å²) in [4.78, 5) is 7.07. The maximum atomic E-state index is 6.27. The molecule has 0 radical (unpaired) electrons. The van der Waals surface area contributed by atoms with Gasteiger partial charge in [0.15, 0.2) is 0 Å². The molecule has 1 aromatic carbocycles. The van der Waals surface area contributed by atoms with Gasteiger partial charge in [0, 0.05) is 11.9 Å². The number of hydrogen-bond donors (Lipinski definition) is 3. The molecule has 5 heteroatoms. The zero-order valence-electron chi connectivity index (χ0n) is 14.8. The van der Waals surface area contributed by atoms with Gasteiger partial charge in [0.1, 0.15) is 11.5 Å². The summed E-state index contributed by atoms with van der Waals surface area (Å²) in [6.07, 6.45) is 3.75. The quantitative estimate of drug-likeness (QED) is 0.674. The number of rotatable bonds is 6. The first-order valence-electron chi connectivity index (χ1n) is 8.79. The van der Waals surface area contributed by atoms with Crippen LogP contribution >= 0.6 is 12.6 Å². The Hall–Kier alpha value is -1.62. The Kier molecular flexibility index (Phi) is 4.81. The lowest BCUT2D eigenvalue weighted by molar-refractivity contribution is 0.403. The summed E-state index contributed by atoms with van der Waals surface area (Å²) in [5, 5.41) is 4.81. The molecule has 1 aromatic heterocycles. The van der Waals surface area contributed by atoms with Crippen LogP contribution in [0.4, 0.5) is 17.2 Å². The molecule has 130 valence electrons. The highest BCUT2D eigenvalue weighted by Gasteiger charge is 2.35. The van der Waals surface area contributed by atoms with Crippen molar-refractivity contribution in [1.82, 2.24) is 4.98 Å². The highest BCUT2D eigenvalue weighted by molar-refractivity contribution is 7.80. The van der Waals surface area contributed by atoms with Crippen molar-refractivity contribution in [1.29, 1.82) is 0 Å². The van der Waals surface area contributed by atoms with Crippen LogP contribution in [0, 0.1) is 5.41 Å². The first-order valence-corrected chi connectivity index (χ1v) is 9.42. The number of anilines is 3. The summed E-state index contributed by atoms with van der Waals surface area (Å²) in [7, 11) is 0. The van der Waals surface area contributed by atoms with Crippen LogP contribution in [0.5, 0.6) is 0 Å². The van der Waals surface area contributed by atoms with Gasteiger partial charge in [-0.2, -0.15) is 12.6 Å². The summed E-state index contributed by atoms with van der Waals surface area (Å²) in [6, 6.07) is 8.26. The van der Waals surface area contributed by atoms with Gasteiger partial charge in [-0.15, -0.1) is 0 Å². The standard InChI is InChI=1S/C19H28N4S/c1-4-5-10-15-22-16-17(23(15)11-19(2,3)12-24)13-8-6-7-9-14(13)21-18(16)20/h6-9,15,22,24H,4-5,10-12H2,1-3H3,(H2,20,21). The summed E-state index contributed by atoms with van der Waals surface area (Å²) >= 11 is 4.55. The Morgan fingerprint density at radius 3 is 2.79 bits per heavy atom. The largest absolute Gasteiger partial charge is 0.382 e. The van der Waals surface area contributed by atoms with Gasteiger partial charge in [0.2, 0.25) is 0 Å². The molecule has 0 saturated carbocycles. The van der Waals surface area contributed by atoms with Crippen LogP contribution in [0.1, 0.15) is 40.0 Å². The first-order chi connectivity index (χ1) is 11.5. The van der Waals surface area contributed by atoms with Gasteiger partial charge in [0.05, 0.1) is 17.4 Å². The van der Waals surface area contributed by atoms with E-state index in [0.29, 0.717) is 5.82 Å². The molecule has 2 aromatic rings. The van der Waals surface area contributed by atoms with Crippen LogP contribution in [0.15, 0.2) is 24.3 Å². The Bertz CT molecular complexity index is 729. The maximum absolute atomic E-state index is 6.27. The van der Waals surface area contributed by atoms with Gasteiger partial charge < -0.3 is 16.0 Å². The molecule has 0 amide bonds. The van der Waals surface area contributed by atoms with E-state index >= 15 is 0 Å². The van der Waals surface area contributed by atoms with Crippen LogP contribution in [0.3, 0.4) is 0 Å². The van der Waals surface area contributed by atoms with Crippen LogP contribution in [-0.4, -0.2) is 23.4 Å². The number of unbranched alkanes of at least 4 members (excludes halogenated alkanes) is 1. The molecule has 4 nitrogen and oxygen atoms in total. The predicted octanol–water partition coefficient (Wildman–Crippen LogP) is 4.52. The Morgan fingerprint density at radius 2 is 2.08 bits per heavy atom. The number of pyridine rings is 1. The molecular weight excluding hydrogens is 316 g/mol. The number of thiol groups is 1. The van der Waals surface area contributed by atoms with E-state index in [1.807, 2.05) is 12.1 Å². The molecule has 1 atom stereocenters. The van der Waals surface area contributed by atoms with Crippen LogP contribution < -0.4 is 16.0 Å². The van der Waals surface area contributed by atoms with Crippen molar-refractivity contribution in [2.45, 2.75) is 46.2 Å². The van der Waals surface area contributed by atoms with E-state index in [4.69, 9.17) is 5.73 Å². The highest BCUT2D eigenvalue weighted by atomic mass is 32.1.